The van der Waals surface area contributed by atoms with E-state index in [0.717, 1.165) is 5.56 Å². The zero-order valence-electron chi connectivity index (χ0n) is 18.4. The van der Waals surface area contributed by atoms with Crippen LogP contribution in [0.1, 0.15) is 18.1 Å². The number of aliphatic hydroxyl groups is 1. The van der Waals surface area contributed by atoms with E-state index < -0.39 is 11.3 Å². The summed E-state index contributed by atoms with van der Waals surface area (Å²) >= 11 is 12.3. The smallest absolute Gasteiger partial charge is 0.332 e. The van der Waals surface area contributed by atoms with E-state index in [1.54, 1.807) is 53.4 Å². The highest BCUT2D eigenvalue weighted by Crippen LogP contribution is 2.55. The minimum Gasteiger partial charge on any atom is -0.364 e. The molecule has 170 valence electrons. The number of halogens is 2. The van der Waals surface area contributed by atoms with Crippen molar-refractivity contribution in [3.8, 4) is 0 Å². The third-order valence-corrected chi connectivity index (χ3v) is 7.02. The van der Waals surface area contributed by atoms with Crippen molar-refractivity contribution in [1.29, 1.82) is 0 Å². The molecule has 0 saturated carbocycles. The fraction of sp³-hybridized carbons (Fsp3) is 0.107. The average molecular weight is 489 g/mol. The molecule has 4 nitrogen and oxygen atoms in total. The van der Waals surface area contributed by atoms with Gasteiger partial charge in [-0.05, 0) is 61.0 Å². The molecule has 1 aliphatic heterocycles. The van der Waals surface area contributed by atoms with Crippen LogP contribution < -0.4 is 9.80 Å². The van der Waals surface area contributed by atoms with Gasteiger partial charge >= 0.3 is 6.03 Å². The standard InChI is InChI=1S/C28H22Cl2N2O2/c1-27(20-8-4-2-5-9-20)28(34,21-10-6-3-7-11-21)32(25-18-14-23(30)15-19-25)26(33)31(27)24-16-12-22(29)13-17-24/h2-19,34H,1H3/t27-,28-/m0/s1. The lowest BCUT2D eigenvalue weighted by Gasteiger charge is -2.45. The second-order valence-electron chi connectivity index (χ2n) is 8.38. The van der Waals surface area contributed by atoms with E-state index in [1.807, 2.05) is 67.6 Å². The molecule has 1 aliphatic rings. The van der Waals surface area contributed by atoms with Gasteiger partial charge in [0, 0.05) is 27.0 Å². The highest BCUT2D eigenvalue weighted by molar-refractivity contribution is 6.31. The Kier molecular flexibility index (Phi) is 5.61. The molecule has 4 aromatic carbocycles. The summed E-state index contributed by atoms with van der Waals surface area (Å²) in [5.41, 5.74) is -0.464. The van der Waals surface area contributed by atoms with Crippen LogP contribution in [0.25, 0.3) is 0 Å². The van der Waals surface area contributed by atoms with Crippen LogP contribution in [0.15, 0.2) is 109 Å². The van der Waals surface area contributed by atoms with Crippen LogP contribution in [0.4, 0.5) is 16.2 Å². The first-order chi connectivity index (χ1) is 16.4. The van der Waals surface area contributed by atoms with Gasteiger partial charge < -0.3 is 5.11 Å². The lowest BCUT2D eigenvalue weighted by atomic mass is 9.76. The first kappa shape index (κ1) is 22.5. The molecule has 0 bridgehead atoms. The fourth-order valence-corrected chi connectivity index (χ4v) is 5.08. The summed E-state index contributed by atoms with van der Waals surface area (Å²) in [6.07, 6.45) is 0. The summed E-state index contributed by atoms with van der Waals surface area (Å²) in [4.78, 5) is 17.4. The van der Waals surface area contributed by atoms with E-state index in [9.17, 15) is 9.90 Å². The zero-order chi connectivity index (χ0) is 23.9. The molecular weight excluding hydrogens is 467 g/mol. The van der Waals surface area contributed by atoms with E-state index >= 15 is 0 Å². The maximum atomic E-state index is 14.3. The predicted octanol–water partition coefficient (Wildman–Crippen LogP) is 7.20. The first-order valence-electron chi connectivity index (χ1n) is 10.9. The van der Waals surface area contributed by atoms with Crippen LogP contribution in [0, 0.1) is 0 Å². The zero-order valence-corrected chi connectivity index (χ0v) is 19.9. The van der Waals surface area contributed by atoms with Crippen molar-refractivity contribution in [3.05, 3.63) is 130 Å². The minimum absolute atomic E-state index is 0.373. The number of urea groups is 1. The Labute approximate surface area is 208 Å². The number of benzene rings is 4. The second kappa shape index (κ2) is 8.48. The van der Waals surface area contributed by atoms with Gasteiger partial charge in [0.15, 0.2) is 0 Å². The van der Waals surface area contributed by atoms with Crippen molar-refractivity contribution in [2.75, 3.05) is 9.80 Å². The maximum absolute atomic E-state index is 14.3. The molecule has 2 amide bonds. The minimum atomic E-state index is -1.76. The Morgan fingerprint density at radius 1 is 0.618 bits per heavy atom. The number of hydrogen-bond acceptors (Lipinski definition) is 2. The summed E-state index contributed by atoms with van der Waals surface area (Å²) in [5, 5.41) is 13.9. The highest BCUT2D eigenvalue weighted by atomic mass is 35.5. The number of anilines is 2. The SMILES string of the molecule is C[C@@]1(c2ccccc2)N(c2ccc(Cl)cc2)C(=O)N(c2ccc(Cl)cc2)[C@]1(O)c1ccccc1. The molecular formula is C28H22Cl2N2O2. The maximum Gasteiger partial charge on any atom is 0.332 e. The van der Waals surface area contributed by atoms with Crippen molar-refractivity contribution in [2.45, 2.75) is 18.2 Å². The lowest BCUT2D eigenvalue weighted by molar-refractivity contribution is -0.0125. The third-order valence-electron chi connectivity index (χ3n) is 6.51. The Balaban J connectivity index is 1.85. The fourth-order valence-electron chi connectivity index (χ4n) is 4.82. The number of carbonyl (C=O) groups excluding carboxylic acids is 1. The molecule has 0 aromatic heterocycles. The van der Waals surface area contributed by atoms with E-state index in [-0.39, 0.29) is 6.03 Å². The monoisotopic (exact) mass is 488 g/mol. The van der Waals surface area contributed by atoms with Gasteiger partial charge in [-0.25, -0.2) is 4.79 Å². The van der Waals surface area contributed by atoms with Gasteiger partial charge in [-0.2, -0.15) is 0 Å². The molecule has 0 radical (unpaired) electrons. The quantitative estimate of drug-likeness (QED) is 0.330. The van der Waals surface area contributed by atoms with Crippen molar-refractivity contribution in [1.82, 2.24) is 0 Å². The lowest BCUT2D eigenvalue weighted by Crippen LogP contribution is -2.56. The molecule has 2 atom stereocenters. The van der Waals surface area contributed by atoms with Crippen molar-refractivity contribution in [3.63, 3.8) is 0 Å². The first-order valence-corrected chi connectivity index (χ1v) is 11.6. The summed E-state index contributed by atoms with van der Waals surface area (Å²) in [6.45, 7) is 1.89. The number of nitrogens with zero attached hydrogens (tertiary/aromatic N) is 2. The van der Waals surface area contributed by atoms with Gasteiger partial charge in [0.25, 0.3) is 0 Å². The van der Waals surface area contributed by atoms with Gasteiger partial charge in [0.1, 0.15) is 5.54 Å². The van der Waals surface area contributed by atoms with Crippen molar-refractivity contribution in [2.24, 2.45) is 0 Å². The second-order valence-corrected chi connectivity index (χ2v) is 9.26. The highest BCUT2D eigenvalue weighted by Gasteiger charge is 2.67. The molecule has 1 heterocycles. The van der Waals surface area contributed by atoms with Gasteiger partial charge in [0.2, 0.25) is 5.72 Å². The van der Waals surface area contributed by atoms with Gasteiger partial charge in [0.05, 0.1) is 0 Å². The van der Waals surface area contributed by atoms with E-state index in [2.05, 4.69) is 0 Å². The summed E-state index contributed by atoms with van der Waals surface area (Å²) in [6, 6.07) is 32.4. The van der Waals surface area contributed by atoms with Crippen molar-refractivity contribution < 1.29 is 9.90 Å². The van der Waals surface area contributed by atoms with Crippen LogP contribution in [0.3, 0.4) is 0 Å². The van der Waals surface area contributed by atoms with Crippen LogP contribution in [-0.4, -0.2) is 11.1 Å². The van der Waals surface area contributed by atoms with Gasteiger partial charge in [-0.1, -0.05) is 83.9 Å². The third kappa shape index (κ3) is 3.30. The molecule has 1 fully saturated rings. The number of carbonyl (C=O) groups is 1. The summed E-state index contributed by atoms with van der Waals surface area (Å²) in [7, 11) is 0. The largest absolute Gasteiger partial charge is 0.364 e. The predicted molar refractivity (Wildman–Crippen MR) is 137 cm³/mol. The molecule has 0 unspecified atom stereocenters. The molecule has 1 N–H and O–H groups in total. The van der Waals surface area contributed by atoms with Crippen LogP contribution >= 0.6 is 23.2 Å². The van der Waals surface area contributed by atoms with E-state index in [0.29, 0.717) is 27.0 Å². The topological polar surface area (TPSA) is 43.8 Å². The number of rotatable bonds is 4. The van der Waals surface area contributed by atoms with Crippen LogP contribution in [0.5, 0.6) is 0 Å². The molecule has 6 heteroatoms. The van der Waals surface area contributed by atoms with Gasteiger partial charge in [-0.3, -0.25) is 9.80 Å². The van der Waals surface area contributed by atoms with Crippen LogP contribution in [0.2, 0.25) is 10.0 Å². The summed E-state index contributed by atoms with van der Waals surface area (Å²) < 4.78 is 0. The molecule has 34 heavy (non-hydrogen) atoms. The summed E-state index contributed by atoms with van der Waals surface area (Å²) in [5.74, 6) is 0. The van der Waals surface area contributed by atoms with Crippen LogP contribution in [-0.2, 0) is 11.3 Å². The Morgan fingerprint density at radius 3 is 1.50 bits per heavy atom. The average Bonchev–Trinajstić information content (AvgIpc) is 3.05. The van der Waals surface area contributed by atoms with Crippen molar-refractivity contribution >= 4 is 40.6 Å². The van der Waals surface area contributed by atoms with Gasteiger partial charge in [-0.15, -0.1) is 0 Å². The number of hydrogen-bond donors (Lipinski definition) is 1. The molecule has 5 rings (SSSR count). The molecule has 4 aromatic rings. The molecule has 1 saturated heterocycles. The van der Waals surface area contributed by atoms with E-state index in [4.69, 9.17) is 23.2 Å². The number of amides is 2. The normalized spacial score (nSPS) is 22.3. The van der Waals surface area contributed by atoms with E-state index in [1.165, 1.54) is 4.90 Å². The molecule has 0 spiro atoms. The Morgan fingerprint density at radius 2 is 1.03 bits per heavy atom. The Hall–Kier alpha value is -3.31. The molecule has 0 aliphatic carbocycles. The Bertz CT molecular complexity index is 1210.